The molecule has 1 aromatic carbocycles. The van der Waals surface area contributed by atoms with E-state index in [1.165, 1.54) is 16.7 Å². The molecule has 1 saturated heterocycles. The van der Waals surface area contributed by atoms with Crippen molar-refractivity contribution in [3.63, 3.8) is 0 Å². The van der Waals surface area contributed by atoms with Gasteiger partial charge >= 0.3 is 0 Å². The molecule has 1 fully saturated rings. The number of hydrogen-bond acceptors (Lipinski definition) is 2. The zero-order valence-electron chi connectivity index (χ0n) is 12.0. The summed E-state index contributed by atoms with van der Waals surface area (Å²) in [7, 11) is 0. The topological polar surface area (TPSA) is 41.1 Å². The molecule has 104 valence electrons. The standard InChI is InChI=1S/C16H24N2O/c1-12-3-4-14(13(2)11-12)5-6-16(19)18-15-7-9-17-10-8-15/h3-4,11,15,17H,5-10H2,1-2H3,(H,18,19). The van der Waals surface area contributed by atoms with Gasteiger partial charge in [0.15, 0.2) is 0 Å². The van der Waals surface area contributed by atoms with Crippen LogP contribution in [0, 0.1) is 13.8 Å². The van der Waals surface area contributed by atoms with Crippen LogP contribution in [-0.4, -0.2) is 25.0 Å². The van der Waals surface area contributed by atoms with Gasteiger partial charge in [0.2, 0.25) is 5.91 Å². The maximum Gasteiger partial charge on any atom is 0.220 e. The van der Waals surface area contributed by atoms with Gasteiger partial charge in [-0.2, -0.15) is 0 Å². The van der Waals surface area contributed by atoms with Crippen molar-refractivity contribution in [2.45, 2.75) is 45.6 Å². The van der Waals surface area contributed by atoms with Gasteiger partial charge < -0.3 is 10.6 Å². The molecule has 1 amide bonds. The van der Waals surface area contributed by atoms with Crippen LogP contribution in [0.2, 0.25) is 0 Å². The van der Waals surface area contributed by atoms with E-state index in [1.807, 2.05) is 0 Å². The summed E-state index contributed by atoms with van der Waals surface area (Å²) in [5.41, 5.74) is 3.85. The molecule has 0 aromatic heterocycles. The molecule has 0 radical (unpaired) electrons. The molecule has 0 unspecified atom stereocenters. The normalized spacial score (nSPS) is 16.3. The highest BCUT2D eigenvalue weighted by atomic mass is 16.1. The smallest absolute Gasteiger partial charge is 0.220 e. The van der Waals surface area contributed by atoms with Crippen LogP contribution in [-0.2, 0) is 11.2 Å². The molecule has 1 aliphatic heterocycles. The van der Waals surface area contributed by atoms with E-state index in [4.69, 9.17) is 0 Å². The summed E-state index contributed by atoms with van der Waals surface area (Å²) >= 11 is 0. The van der Waals surface area contributed by atoms with E-state index in [1.54, 1.807) is 0 Å². The fraction of sp³-hybridized carbons (Fsp3) is 0.562. The fourth-order valence-corrected chi connectivity index (χ4v) is 2.64. The number of piperidine rings is 1. The molecule has 3 nitrogen and oxygen atoms in total. The average Bonchev–Trinajstić information content (AvgIpc) is 2.39. The van der Waals surface area contributed by atoms with Gasteiger partial charge in [0.05, 0.1) is 0 Å². The minimum Gasteiger partial charge on any atom is -0.353 e. The zero-order valence-corrected chi connectivity index (χ0v) is 12.0. The van der Waals surface area contributed by atoms with Crippen molar-refractivity contribution in [3.05, 3.63) is 34.9 Å². The third-order valence-corrected chi connectivity index (χ3v) is 3.82. The fourth-order valence-electron chi connectivity index (χ4n) is 2.64. The van der Waals surface area contributed by atoms with Crippen LogP contribution in [0.25, 0.3) is 0 Å². The first-order valence-electron chi connectivity index (χ1n) is 7.21. The molecule has 0 atom stereocenters. The maximum absolute atomic E-state index is 11.9. The molecule has 0 aliphatic carbocycles. The van der Waals surface area contributed by atoms with Gasteiger partial charge in [-0.3, -0.25) is 4.79 Å². The van der Waals surface area contributed by atoms with Crippen molar-refractivity contribution in [1.82, 2.24) is 10.6 Å². The third kappa shape index (κ3) is 4.35. The molecular formula is C16H24N2O. The molecule has 2 rings (SSSR count). The van der Waals surface area contributed by atoms with E-state index in [0.29, 0.717) is 12.5 Å². The monoisotopic (exact) mass is 260 g/mol. The Hall–Kier alpha value is -1.35. The van der Waals surface area contributed by atoms with Crippen molar-refractivity contribution in [2.75, 3.05) is 13.1 Å². The number of carbonyl (C=O) groups excluding carboxylic acids is 1. The largest absolute Gasteiger partial charge is 0.353 e. The second kappa shape index (κ2) is 6.71. The number of amides is 1. The predicted molar refractivity (Wildman–Crippen MR) is 78.3 cm³/mol. The first-order chi connectivity index (χ1) is 9.15. The number of aryl methyl sites for hydroxylation is 3. The zero-order chi connectivity index (χ0) is 13.7. The lowest BCUT2D eigenvalue weighted by molar-refractivity contribution is -0.121. The van der Waals surface area contributed by atoms with Crippen molar-refractivity contribution in [3.8, 4) is 0 Å². The second-order valence-electron chi connectivity index (χ2n) is 5.52. The van der Waals surface area contributed by atoms with Crippen LogP contribution >= 0.6 is 0 Å². The highest BCUT2D eigenvalue weighted by Gasteiger charge is 2.15. The van der Waals surface area contributed by atoms with E-state index in [2.05, 4.69) is 42.7 Å². The first kappa shape index (κ1) is 14.1. The summed E-state index contributed by atoms with van der Waals surface area (Å²) in [5.74, 6) is 0.187. The lowest BCUT2D eigenvalue weighted by atomic mass is 10.0. The van der Waals surface area contributed by atoms with Crippen LogP contribution in [0.1, 0.15) is 36.0 Å². The molecule has 0 bridgehead atoms. The van der Waals surface area contributed by atoms with Crippen LogP contribution in [0.3, 0.4) is 0 Å². The van der Waals surface area contributed by atoms with Crippen molar-refractivity contribution in [1.29, 1.82) is 0 Å². The van der Waals surface area contributed by atoms with Crippen LogP contribution in [0.15, 0.2) is 18.2 Å². The van der Waals surface area contributed by atoms with Crippen molar-refractivity contribution >= 4 is 5.91 Å². The Bertz CT molecular complexity index is 436. The summed E-state index contributed by atoms with van der Waals surface area (Å²) < 4.78 is 0. The average molecular weight is 260 g/mol. The predicted octanol–water partition coefficient (Wildman–Crippen LogP) is 2.10. The molecule has 0 saturated carbocycles. The molecule has 1 aliphatic rings. The van der Waals surface area contributed by atoms with Crippen molar-refractivity contribution in [2.24, 2.45) is 0 Å². The Morgan fingerprint density at radius 2 is 2.05 bits per heavy atom. The van der Waals surface area contributed by atoms with E-state index in [9.17, 15) is 4.79 Å². The quantitative estimate of drug-likeness (QED) is 0.870. The van der Waals surface area contributed by atoms with Gasteiger partial charge in [-0.15, -0.1) is 0 Å². The minimum atomic E-state index is 0.187. The Morgan fingerprint density at radius 1 is 1.32 bits per heavy atom. The Morgan fingerprint density at radius 3 is 2.74 bits per heavy atom. The maximum atomic E-state index is 11.9. The van der Waals surface area contributed by atoms with E-state index in [-0.39, 0.29) is 5.91 Å². The molecule has 0 spiro atoms. The lowest BCUT2D eigenvalue weighted by Crippen LogP contribution is -2.42. The number of rotatable bonds is 4. The number of benzene rings is 1. The molecule has 3 heteroatoms. The molecule has 1 heterocycles. The molecule has 2 N–H and O–H groups in total. The molecular weight excluding hydrogens is 236 g/mol. The summed E-state index contributed by atoms with van der Waals surface area (Å²) in [5, 5.41) is 6.45. The SMILES string of the molecule is Cc1ccc(CCC(=O)NC2CCNCC2)c(C)c1. The summed E-state index contributed by atoms with van der Waals surface area (Å²) in [4.78, 5) is 11.9. The third-order valence-electron chi connectivity index (χ3n) is 3.82. The highest BCUT2D eigenvalue weighted by Crippen LogP contribution is 2.12. The summed E-state index contributed by atoms with van der Waals surface area (Å²) in [6.45, 7) is 6.25. The lowest BCUT2D eigenvalue weighted by Gasteiger charge is -2.23. The van der Waals surface area contributed by atoms with Gasteiger partial charge in [-0.1, -0.05) is 23.8 Å². The molecule has 19 heavy (non-hydrogen) atoms. The minimum absolute atomic E-state index is 0.187. The number of nitrogens with one attached hydrogen (secondary N) is 2. The first-order valence-corrected chi connectivity index (χ1v) is 7.21. The second-order valence-corrected chi connectivity index (χ2v) is 5.52. The Labute approximate surface area is 115 Å². The van der Waals surface area contributed by atoms with E-state index in [0.717, 1.165) is 32.4 Å². The summed E-state index contributed by atoms with van der Waals surface area (Å²) in [6.07, 6.45) is 3.53. The van der Waals surface area contributed by atoms with Gasteiger partial charge in [-0.05, 0) is 57.3 Å². The summed E-state index contributed by atoms with van der Waals surface area (Å²) in [6, 6.07) is 6.81. The van der Waals surface area contributed by atoms with Gasteiger partial charge in [0.25, 0.3) is 0 Å². The Balaban J connectivity index is 1.79. The van der Waals surface area contributed by atoms with Gasteiger partial charge in [0, 0.05) is 12.5 Å². The van der Waals surface area contributed by atoms with Crippen LogP contribution in [0.5, 0.6) is 0 Å². The van der Waals surface area contributed by atoms with E-state index < -0.39 is 0 Å². The molecule has 1 aromatic rings. The van der Waals surface area contributed by atoms with Crippen molar-refractivity contribution < 1.29 is 4.79 Å². The van der Waals surface area contributed by atoms with E-state index >= 15 is 0 Å². The number of carbonyl (C=O) groups is 1. The van der Waals surface area contributed by atoms with Gasteiger partial charge in [-0.25, -0.2) is 0 Å². The van der Waals surface area contributed by atoms with Crippen LogP contribution in [0.4, 0.5) is 0 Å². The Kier molecular flexibility index (Phi) is 4.97. The van der Waals surface area contributed by atoms with Crippen LogP contribution < -0.4 is 10.6 Å². The van der Waals surface area contributed by atoms with Gasteiger partial charge in [0.1, 0.15) is 0 Å². The number of hydrogen-bond donors (Lipinski definition) is 2. The highest BCUT2D eigenvalue weighted by molar-refractivity contribution is 5.76.